The first-order chi connectivity index (χ1) is 10.6. The molecule has 2 fully saturated rings. The van der Waals surface area contributed by atoms with Crippen LogP contribution in [0.2, 0.25) is 0 Å². The van der Waals surface area contributed by atoms with Gasteiger partial charge in [0.25, 0.3) is 5.91 Å². The smallest absolute Gasteiger partial charge is 0.254 e. The van der Waals surface area contributed by atoms with E-state index in [-0.39, 0.29) is 11.8 Å². The highest BCUT2D eigenvalue weighted by atomic mass is 32.1. The molecular formula is C15H20N2O4S. The molecule has 1 spiro atoms. The zero-order chi connectivity index (χ0) is 15.6. The van der Waals surface area contributed by atoms with Crippen LogP contribution in [-0.4, -0.2) is 73.2 Å². The Morgan fingerprint density at radius 1 is 1.23 bits per heavy atom. The van der Waals surface area contributed by atoms with Crippen molar-refractivity contribution in [3.05, 3.63) is 22.4 Å². The van der Waals surface area contributed by atoms with Crippen LogP contribution in [0, 0.1) is 0 Å². The van der Waals surface area contributed by atoms with Crippen LogP contribution in [0.5, 0.6) is 0 Å². The number of amides is 2. The highest BCUT2D eigenvalue weighted by Gasteiger charge is 2.42. The molecule has 120 valence electrons. The third-order valence-corrected chi connectivity index (χ3v) is 4.78. The second-order valence-corrected chi connectivity index (χ2v) is 6.54. The van der Waals surface area contributed by atoms with E-state index in [0.29, 0.717) is 51.6 Å². The van der Waals surface area contributed by atoms with Crippen LogP contribution in [0.1, 0.15) is 17.3 Å². The Morgan fingerprint density at radius 3 is 2.73 bits per heavy atom. The van der Waals surface area contributed by atoms with Gasteiger partial charge in [-0.3, -0.25) is 9.59 Å². The molecule has 22 heavy (non-hydrogen) atoms. The van der Waals surface area contributed by atoms with Crippen molar-refractivity contribution in [1.29, 1.82) is 0 Å². The summed E-state index contributed by atoms with van der Waals surface area (Å²) in [7, 11) is 0. The van der Waals surface area contributed by atoms with Crippen molar-refractivity contribution < 1.29 is 19.1 Å². The average molecular weight is 324 g/mol. The van der Waals surface area contributed by atoms with E-state index in [4.69, 9.17) is 9.47 Å². The number of carbonyl (C=O) groups is 2. The van der Waals surface area contributed by atoms with Gasteiger partial charge in [0.2, 0.25) is 5.91 Å². The summed E-state index contributed by atoms with van der Waals surface area (Å²) >= 11 is 1.51. The summed E-state index contributed by atoms with van der Waals surface area (Å²) in [5, 5.41) is 3.76. The van der Waals surface area contributed by atoms with Crippen molar-refractivity contribution in [2.24, 2.45) is 0 Å². The van der Waals surface area contributed by atoms with Crippen molar-refractivity contribution in [1.82, 2.24) is 9.80 Å². The van der Waals surface area contributed by atoms with Crippen molar-refractivity contribution in [3.63, 3.8) is 0 Å². The van der Waals surface area contributed by atoms with Gasteiger partial charge in [-0.05, 0) is 11.4 Å². The average Bonchev–Trinajstić information content (AvgIpc) is 2.97. The van der Waals surface area contributed by atoms with E-state index in [1.807, 2.05) is 16.8 Å². The molecule has 0 unspecified atom stereocenters. The normalized spacial score (nSPS) is 26.0. The zero-order valence-corrected chi connectivity index (χ0v) is 13.4. The summed E-state index contributed by atoms with van der Waals surface area (Å²) in [5.41, 5.74) is 0.0894. The number of carbonyl (C=O) groups excluding carboxylic acids is 2. The van der Waals surface area contributed by atoms with Gasteiger partial charge < -0.3 is 19.3 Å². The molecule has 1 aromatic heterocycles. The fraction of sp³-hybridized carbons (Fsp3) is 0.600. The van der Waals surface area contributed by atoms with Crippen LogP contribution in [0.15, 0.2) is 16.8 Å². The molecule has 3 heterocycles. The highest BCUT2D eigenvalue weighted by molar-refractivity contribution is 7.08. The topological polar surface area (TPSA) is 59.1 Å². The van der Waals surface area contributed by atoms with Crippen molar-refractivity contribution in [2.75, 3.05) is 46.0 Å². The lowest BCUT2D eigenvalue weighted by atomic mass is 10.0. The fourth-order valence-electron chi connectivity index (χ4n) is 2.94. The van der Waals surface area contributed by atoms with Crippen LogP contribution in [0.3, 0.4) is 0 Å². The first kappa shape index (κ1) is 15.5. The van der Waals surface area contributed by atoms with E-state index in [9.17, 15) is 9.59 Å². The Bertz CT molecular complexity index is 548. The maximum absolute atomic E-state index is 12.5. The van der Waals surface area contributed by atoms with Gasteiger partial charge in [0.15, 0.2) is 0 Å². The summed E-state index contributed by atoms with van der Waals surface area (Å²) in [6, 6.07) is 1.83. The molecule has 0 radical (unpaired) electrons. The quantitative estimate of drug-likeness (QED) is 0.768. The minimum absolute atomic E-state index is 0.00904. The van der Waals surface area contributed by atoms with Crippen molar-refractivity contribution in [2.45, 2.75) is 12.5 Å². The molecule has 0 aliphatic carbocycles. The Hall–Kier alpha value is -1.44. The molecule has 1 atom stereocenters. The van der Waals surface area contributed by atoms with Crippen LogP contribution in [-0.2, 0) is 14.3 Å². The van der Waals surface area contributed by atoms with E-state index >= 15 is 0 Å². The number of hydrogen-bond donors (Lipinski definition) is 0. The third kappa shape index (κ3) is 3.16. The first-order valence-electron chi connectivity index (χ1n) is 7.38. The molecule has 2 amide bonds. The predicted octanol–water partition coefficient (Wildman–Crippen LogP) is 0.838. The monoisotopic (exact) mass is 324 g/mol. The van der Waals surface area contributed by atoms with E-state index in [2.05, 4.69) is 0 Å². The molecule has 2 aliphatic rings. The standard InChI is InChI=1S/C15H20N2O4S/c1-12(18)16-3-5-20-11-15(9-16)10-17(4-6-21-15)14(19)13-2-7-22-8-13/h2,7-8H,3-6,9-11H2,1H3/t15-/m0/s1. The summed E-state index contributed by atoms with van der Waals surface area (Å²) in [5.74, 6) is 0.0253. The fourth-order valence-corrected chi connectivity index (χ4v) is 3.57. The lowest BCUT2D eigenvalue weighted by molar-refractivity contribution is -0.145. The van der Waals surface area contributed by atoms with Gasteiger partial charge >= 0.3 is 0 Å². The van der Waals surface area contributed by atoms with Gasteiger partial charge in [-0.15, -0.1) is 0 Å². The number of hydrogen-bond acceptors (Lipinski definition) is 5. The SMILES string of the molecule is CC(=O)N1CCOC[C@]2(C1)CN(C(=O)c1ccsc1)CCO2. The molecule has 6 nitrogen and oxygen atoms in total. The summed E-state index contributed by atoms with van der Waals surface area (Å²) in [6.07, 6.45) is 0. The van der Waals surface area contributed by atoms with Crippen LogP contribution in [0.4, 0.5) is 0 Å². The Kier molecular flexibility index (Phi) is 4.46. The van der Waals surface area contributed by atoms with Gasteiger partial charge in [0.1, 0.15) is 5.60 Å². The number of rotatable bonds is 1. The number of ether oxygens (including phenoxy) is 2. The summed E-state index contributed by atoms with van der Waals surface area (Å²) < 4.78 is 11.6. The zero-order valence-electron chi connectivity index (χ0n) is 12.6. The number of morpholine rings is 1. The Balaban J connectivity index is 1.76. The molecule has 0 N–H and O–H groups in total. The van der Waals surface area contributed by atoms with E-state index in [1.54, 1.807) is 16.7 Å². The van der Waals surface area contributed by atoms with Crippen LogP contribution >= 0.6 is 11.3 Å². The van der Waals surface area contributed by atoms with Crippen LogP contribution < -0.4 is 0 Å². The van der Waals surface area contributed by atoms with Gasteiger partial charge in [-0.1, -0.05) is 0 Å². The second kappa shape index (κ2) is 6.36. The second-order valence-electron chi connectivity index (χ2n) is 5.76. The third-order valence-electron chi connectivity index (χ3n) is 4.10. The lowest BCUT2D eigenvalue weighted by Gasteiger charge is -2.43. The molecule has 0 saturated carbocycles. The lowest BCUT2D eigenvalue weighted by Crippen LogP contribution is -2.60. The molecule has 3 rings (SSSR count). The highest BCUT2D eigenvalue weighted by Crippen LogP contribution is 2.24. The summed E-state index contributed by atoms with van der Waals surface area (Å²) in [6.45, 7) is 4.98. The van der Waals surface area contributed by atoms with Gasteiger partial charge in [-0.2, -0.15) is 11.3 Å². The number of nitrogens with zero attached hydrogens (tertiary/aromatic N) is 2. The molecular weight excluding hydrogens is 304 g/mol. The van der Waals surface area contributed by atoms with Gasteiger partial charge in [0.05, 0.1) is 38.5 Å². The number of thiophene rings is 1. The summed E-state index contributed by atoms with van der Waals surface area (Å²) in [4.78, 5) is 27.8. The largest absolute Gasteiger partial charge is 0.376 e. The van der Waals surface area contributed by atoms with Crippen molar-refractivity contribution >= 4 is 23.2 Å². The Labute approximate surface area is 133 Å². The van der Waals surface area contributed by atoms with Crippen LogP contribution in [0.25, 0.3) is 0 Å². The van der Waals surface area contributed by atoms with E-state index < -0.39 is 5.60 Å². The molecule has 0 aromatic carbocycles. The molecule has 1 aromatic rings. The molecule has 2 aliphatic heterocycles. The van der Waals surface area contributed by atoms with E-state index in [1.165, 1.54) is 11.3 Å². The molecule has 0 bridgehead atoms. The maximum atomic E-state index is 12.5. The predicted molar refractivity (Wildman–Crippen MR) is 82.0 cm³/mol. The van der Waals surface area contributed by atoms with Gasteiger partial charge in [0, 0.05) is 25.4 Å². The molecule has 7 heteroatoms. The van der Waals surface area contributed by atoms with Gasteiger partial charge in [-0.25, -0.2) is 0 Å². The minimum Gasteiger partial charge on any atom is -0.376 e. The molecule has 2 saturated heterocycles. The first-order valence-corrected chi connectivity index (χ1v) is 8.33. The maximum Gasteiger partial charge on any atom is 0.254 e. The minimum atomic E-state index is -0.619. The van der Waals surface area contributed by atoms with Crippen molar-refractivity contribution in [3.8, 4) is 0 Å². The van der Waals surface area contributed by atoms with E-state index in [0.717, 1.165) is 0 Å². The Morgan fingerprint density at radius 2 is 2.00 bits per heavy atom.